The van der Waals surface area contributed by atoms with Crippen LogP contribution in [0.4, 0.5) is 32.0 Å². The van der Waals surface area contributed by atoms with Gasteiger partial charge in [0.1, 0.15) is 5.75 Å². The first kappa shape index (κ1) is 23.0. The number of ether oxygens (including phenoxy) is 1. The summed E-state index contributed by atoms with van der Waals surface area (Å²) in [5, 5.41) is 4.83. The topological polar surface area (TPSA) is 67.4 Å². The third kappa shape index (κ3) is 5.65. The Kier molecular flexibility index (Phi) is 6.63. The Morgan fingerprint density at radius 2 is 1.53 bits per heavy atom. The molecule has 0 aliphatic heterocycles. The van der Waals surface area contributed by atoms with E-state index in [1.54, 1.807) is 6.92 Å². The molecule has 0 atom stereocenters. The van der Waals surface area contributed by atoms with Crippen LogP contribution in [0.3, 0.4) is 0 Å². The molecule has 0 unspecified atom stereocenters. The normalized spacial score (nSPS) is 11.7. The number of nitrogens with one attached hydrogen (secondary N) is 2. The lowest BCUT2D eigenvalue weighted by molar-refractivity contribution is -0.143. The highest BCUT2D eigenvalue weighted by Crippen LogP contribution is 2.38. The SMILES string of the molecule is CNC(=O)c1cccc(NC(=O)COc2cc(C(F)(F)F)cc(C(F)(F)F)c2)c1C. The molecular formula is C19H16F6N2O3. The van der Waals surface area contributed by atoms with Gasteiger partial charge in [-0.2, -0.15) is 26.3 Å². The molecule has 11 heteroatoms. The van der Waals surface area contributed by atoms with E-state index in [0.29, 0.717) is 17.7 Å². The van der Waals surface area contributed by atoms with Crippen molar-refractivity contribution < 1.29 is 40.7 Å². The number of amides is 2. The molecule has 0 fully saturated rings. The summed E-state index contributed by atoms with van der Waals surface area (Å²) in [6.45, 7) is 0.714. The van der Waals surface area contributed by atoms with Gasteiger partial charge in [0.2, 0.25) is 0 Å². The maximum Gasteiger partial charge on any atom is 0.416 e. The Morgan fingerprint density at radius 1 is 0.967 bits per heavy atom. The van der Waals surface area contributed by atoms with Gasteiger partial charge >= 0.3 is 12.4 Å². The highest BCUT2D eigenvalue weighted by Gasteiger charge is 2.37. The third-order valence-corrected chi connectivity index (χ3v) is 4.01. The zero-order valence-corrected chi connectivity index (χ0v) is 15.7. The van der Waals surface area contributed by atoms with Crippen molar-refractivity contribution in [1.29, 1.82) is 0 Å². The van der Waals surface area contributed by atoms with Gasteiger partial charge in [-0.25, -0.2) is 0 Å². The fourth-order valence-corrected chi connectivity index (χ4v) is 2.50. The molecule has 5 nitrogen and oxygen atoms in total. The van der Waals surface area contributed by atoms with Crippen molar-refractivity contribution >= 4 is 17.5 Å². The van der Waals surface area contributed by atoms with E-state index in [1.807, 2.05) is 0 Å². The molecule has 0 saturated heterocycles. The average molecular weight is 434 g/mol. The number of carbonyl (C=O) groups is 2. The van der Waals surface area contributed by atoms with Crippen LogP contribution in [0.15, 0.2) is 36.4 Å². The maximum absolute atomic E-state index is 12.9. The molecule has 0 aliphatic carbocycles. The van der Waals surface area contributed by atoms with Crippen molar-refractivity contribution in [1.82, 2.24) is 5.32 Å². The number of hydrogen-bond acceptors (Lipinski definition) is 3. The Morgan fingerprint density at radius 3 is 2.03 bits per heavy atom. The Labute approximate surface area is 167 Å². The van der Waals surface area contributed by atoms with Crippen molar-refractivity contribution in [2.75, 3.05) is 19.0 Å². The number of benzene rings is 2. The summed E-state index contributed by atoms with van der Waals surface area (Å²) in [5.74, 6) is -2.00. The van der Waals surface area contributed by atoms with Crippen LogP contribution in [0, 0.1) is 6.92 Å². The molecule has 0 radical (unpaired) electrons. The van der Waals surface area contributed by atoms with Crippen LogP contribution in [-0.2, 0) is 17.1 Å². The molecule has 162 valence electrons. The van der Waals surface area contributed by atoms with Gasteiger partial charge in [-0.05, 0) is 42.8 Å². The van der Waals surface area contributed by atoms with E-state index in [-0.39, 0.29) is 17.3 Å². The van der Waals surface area contributed by atoms with E-state index >= 15 is 0 Å². The van der Waals surface area contributed by atoms with Crippen LogP contribution in [0.1, 0.15) is 27.0 Å². The molecule has 0 aromatic heterocycles. The summed E-state index contributed by atoms with van der Waals surface area (Å²) in [6.07, 6.45) is -10.1. The monoisotopic (exact) mass is 434 g/mol. The molecule has 2 rings (SSSR count). The zero-order valence-electron chi connectivity index (χ0n) is 15.7. The summed E-state index contributed by atoms with van der Waals surface area (Å²) >= 11 is 0. The van der Waals surface area contributed by atoms with Crippen LogP contribution in [0.2, 0.25) is 0 Å². The summed E-state index contributed by atoms with van der Waals surface area (Å²) in [5.41, 5.74) is -2.17. The Bertz CT molecular complexity index is 922. The fraction of sp³-hybridized carbons (Fsp3) is 0.263. The van der Waals surface area contributed by atoms with Crippen LogP contribution in [0.5, 0.6) is 5.75 Å². The van der Waals surface area contributed by atoms with Gasteiger partial charge in [-0.1, -0.05) is 6.07 Å². The fourth-order valence-electron chi connectivity index (χ4n) is 2.50. The largest absolute Gasteiger partial charge is 0.484 e. The van der Waals surface area contributed by atoms with Gasteiger partial charge in [0.25, 0.3) is 11.8 Å². The lowest BCUT2D eigenvalue weighted by Crippen LogP contribution is -2.23. The molecular weight excluding hydrogens is 418 g/mol. The Hall–Kier alpha value is -3.24. The van der Waals surface area contributed by atoms with Crippen LogP contribution in [-0.4, -0.2) is 25.5 Å². The first-order valence-corrected chi connectivity index (χ1v) is 8.36. The number of alkyl halides is 6. The van der Waals surface area contributed by atoms with Crippen LogP contribution >= 0.6 is 0 Å². The number of halogens is 6. The van der Waals surface area contributed by atoms with E-state index in [1.165, 1.54) is 25.2 Å². The minimum atomic E-state index is -5.03. The van der Waals surface area contributed by atoms with E-state index in [0.717, 1.165) is 0 Å². The van der Waals surface area contributed by atoms with Gasteiger partial charge in [0.15, 0.2) is 6.61 Å². The van der Waals surface area contributed by atoms with Crippen LogP contribution in [0.25, 0.3) is 0 Å². The van der Waals surface area contributed by atoms with Gasteiger partial charge in [-0.3, -0.25) is 9.59 Å². The molecule has 0 spiro atoms. The minimum Gasteiger partial charge on any atom is -0.484 e. The molecule has 2 N–H and O–H groups in total. The first-order chi connectivity index (χ1) is 13.8. The molecule has 30 heavy (non-hydrogen) atoms. The standard InChI is InChI=1S/C19H16F6N2O3/c1-10-14(17(29)26-2)4-3-5-15(10)27-16(28)9-30-13-7-11(18(20,21)22)6-12(8-13)19(23,24)25/h3-8H,9H2,1-2H3,(H,26,29)(H,27,28). The van der Waals surface area contributed by atoms with Gasteiger partial charge in [0, 0.05) is 18.3 Å². The molecule has 0 aliphatic rings. The van der Waals surface area contributed by atoms with Crippen molar-refractivity contribution in [2.24, 2.45) is 0 Å². The van der Waals surface area contributed by atoms with Crippen LogP contribution < -0.4 is 15.4 Å². The van der Waals surface area contributed by atoms with Gasteiger partial charge in [0.05, 0.1) is 11.1 Å². The van der Waals surface area contributed by atoms with Crippen molar-refractivity contribution in [2.45, 2.75) is 19.3 Å². The lowest BCUT2D eigenvalue weighted by Gasteiger charge is -2.15. The summed E-state index contributed by atoms with van der Waals surface area (Å²) in [4.78, 5) is 23.8. The summed E-state index contributed by atoms with van der Waals surface area (Å²) in [6, 6.07) is 5.20. The molecule has 0 bridgehead atoms. The van der Waals surface area contributed by atoms with Crippen molar-refractivity contribution in [3.05, 3.63) is 58.7 Å². The number of carbonyl (C=O) groups excluding carboxylic acids is 2. The molecule has 2 aromatic carbocycles. The lowest BCUT2D eigenvalue weighted by atomic mass is 10.1. The number of rotatable bonds is 5. The second kappa shape index (κ2) is 8.64. The Balaban J connectivity index is 2.18. The molecule has 2 amide bonds. The second-order valence-electron chi connectivity index (χ2n) is 6.14. The smallest absolute Gasteiger partial charge is 0.416 e. The summed E-state index contributed by atoms with van der Waals surface area (Å²) < 4.78 is 82.0. The van der Waals surface area contributed by atoms with E-state index in [2.05, 4.69) is 10.6 Å². The molecule has 0 saturated carbocycles. The first-order valence-electron chi connectivity index (χ1n) is 8.36. The number of anilines is 1. The van der Waals surface area contributed by atoms with E-state index in [4.69, 9.17) is 4.74 Å². The highest BCUT2D eigenvalue weighted by molar-refractivity contribution is 5.99. The zero-order chi connectivity index (χ0) is 22.7. The minimum absolute atomic E-state index is 0.0411. The maximum atomic E-state index is 12.9. The van der Waals surface area contributed by atoms with Crippen molar-refractivity contribution in [3.8, 4) is 5.75 Å². The molecule has 0 heterocycles. The highest BCUT2D eigenvalue weighted by atomic mass is 19.4. The van der Waals surface area contributed by atoms with E-state index < -0.39 is 47.7 Å². The van der Waals surface area contributed by atoms with E-state index in [9.17, 15) is 35.9 Å². The van der Waals surface area contributed by atoms with Gasteiger partial charge in [-0.15, -0.1) is 0 Å². The van der Waals surface area contributed by atoms with Crippen molar-refractivity contribution in [3.63, 3.8) is 0 Å². The average Bonchev–Trinajstić information content (AvgIpc) is 2.66. The molecule has 2 aromatic rings. The number of hydrogen-bond donors (Lipinski definition) is 2. The van der Waals surface area contributed by atoms with Gasteiger partial charge < -0.3 is 15.4 Å². The quantitative estimate of drug-likeness (QED) is 0.686. The summed E-state index contributed by atoms with van der Waals surface area (Å²) in [7, 11) is 1.42. The second-order valence-corrected chi connectivity index (χ2v) is 6.14. The predicted octanol–water partition coefficient (Wildman–Crippen LogP) is 4.41. The predicted molar refractivity (Wildman–Crippen MR) is 95.1 cm³/mol. The third-order valence-electron chi connectivity index (χ3n) is 4.01.